The van der Waals surface area contributed by atoms with Gasteiger partial charge in [-0.1, -0.05) is 43.5 Å². The highest BCUT2D eigenvalue weighted by atomic mass is 16.6. The van der Waals surface area contributed by atoms with Crippen LogP contribution >= 0.6 is 0 Å². The van der Waals surface area contributed by atoms with Crippen molar-refractivity contribution in [3.63, 3.8) is 0 Å². The maximum Gasteiger partial charge on any atom is 0.416 e. The quantitative estimate of drug-likeness (QED) is 0.656. The first kappa shape index (κ1) is 23.4. The van der Waals surface area contributed by atoms with Gasteiger partial charge >= 0.3 is 6.09 Å². The number of piperazine rings is 1. The molecule has 3 aliphatic heterocycles. The number of carbonyl (C=O) groups excluding carboxylic acids is 2. The van der Waals surface area contributed by atoms with Gasteiger partial charge in [0.1, 0.15) is 0 Å². The molecule has 0 aromatic heterocycles. The second-order valence-electron chi connectivity index (χ2n) is 8.98. The van der Waals surface area contributed by atoms with Crippen molar-refractivity contribution < 1.29 is 14.3 Å². The summed E-state index contributed by atoms with van der Waals surface area (Å²) in [6.07, 6.45) is 16.0. The van der Waals surface area contributed by atoms with Crippen molar-refractivity contribution in [2.24, 2.45) is 5.73 Å². The number of ether oxygens (including phenoxy) is 1. The smallest absolute Gasteiger partial charge is 0.416 e. The van der Waals surface area contributed by atoms with Gasteiger partial charge in [0.2, 0.25) is 5.91 Å². The summed E-state index contributed by atoms with van der Waals surface area (Å²) in [7, 11) is 0. The lowest BCUT2D eigenvalue weighted by Gasteiger charge is -2.42. The number of fused-ring (bicyclic) bond motifs is 4. The normalized spacial score (nSPS) is 25.5. The minimum atomic E-state index is -0.498. The maximum absolute atomic E-state index is 13.5. The third-order valence-electron chi connectivity index (χ3n) is 6.46. The van der Waals surface area contributed by atoms with Crippen LogP contribution in [0, 0.1) is 0 Å². The van der Waals surface area contributed by atoms with Gasteiger partial charge in [-0.2, -0.15) is 0 Å². The average molecular weight is 461 g/mol. The van der Waals surface area contributed by atoms with Gasteiger partial charge in [-0.05, 0) is 49.5 Å². The number of nitrogens with zero attached hydrogens (tertiary/aromatic N) is 2. The van der Waals surface area contributed by atoms with Gasteiger partial charge in [0.25, 0.3) is 0 Å². The summed E-state index contributed by atoms with van der Waals surface area (Å²) >= 11 is 0. The lowest BCUT2D eigenvalue weighted by Crippen LogP contribution is -2.53. The number of rotatable bonds is 3. The van der Waals surface area contributed by atoms with Crippen LogP contribution in [0.5, 0.6) is 0 Å². The van der Waals surface area contributed by atoms with E-state index < -0.39 is 12.3 Å². The van der Waals surface area contributed by atoms with Crippen LogP contribution in [0.1, 0.15) is 39.5 Å². The molecule has 0 spiro atoms. The van der Waals surface area contributed by atoms with Crippen molar-refractivity contribution in [1.82, 2.24) is 15.1 Å². The van der Waals surface area contributed by atoms with Crippen molar-refractivity contribution in [3.8, 4) is 0 Å². The zero-order chi connectivity index (χ0) is 24.4. The van der Waals surface area contributed by atoms with E-state index in [1.54, 1.807) is 15.9 Å². The lowest BCUT2D eigenvalue weighted by atomic mass is 10.0. The topological polar surface area (TPSA) is 87.9 Å². The highest BCUT2D eigenvalue weighted by molar-refractivity contribution is 5.80. The summed E-state index contributed by atoms with van der Waals surface area (Å²) < 4.78 is 5.93. The summed E-state index contributed by atoms with van der Waals surface area (Å²) in [6, 6.07) is -0.255. The summed E-state index contributed by atoms with van der Waals surface area (Å²) in [5, 5.41) is 3.31. The molecular weight excluding hydrogens is 428 g/mol. The second kappa shape index (κ2) is 9.63. The Kier molecular flexibility index (Phi) is 6.63. The number of nitrogens with one attached hydrogen (secondary N) is 1. The average Bonchev–Trinajstić information content (AvgIpc) is 3.22. The summed E-state index contributed by atoms with van der Waals surface area (Å²) in [5.74, 6) is -0.140. The first-order chi connectivity index (χ1) is 16.3. The summed E-state index contributed by atoms with van der Waals surface area (Å²) in [5.41, 5.74) is 11.4. The Labute approximate surface area is 201 Å². The third kappa shape index (κ3) is 4.64. The fourth-order valence-corrected chi connectivity index (χ4v) is 4.75. The molecule has 5 rings (SSSR count). The molecule has 0 aromatic carbocycles. The van der Waals surface area contributed by atoms with Crippen LogP contribution in [0.25, 0.3) is 0 Å². The third-order valence-corrected chi connectivity index (χ3v) is 6.46. The highest BCUT2D eigenvalue weighted by Crippen LogP contribution is 2.32. The molecule has 2 unspecified atom stereocenters. The Hall–Kier alpha value is -3.74. The summed E-state index contributed by atoms with van der Waals surface area (Å²) in [6.45, 7) is 12.0. The number of amides is 2. The molecule has 2 fully saturated rings. The molecule has 7 nitrogen and oxygen atoms in total. The number of nitrogens with two attached hydrogens (primary N) is 1. The molecule has 0 radical (unpaired) electrons. The fraction of sp³-hybridized carbons (Fsp3) is 0.333. The van der Waals surface area contributed by atoms with E-state index in [0.29, 0.717) is 29.1 Å². The number of hydrogen-bond acceptors (Lipinski definition) is 5. The molecular formula is C27H32N4O3. The van der Waals surface area contributed by atoms with Crippen LogP contribution in [-0.4, -0.2) is 40.6 Å². The molecule has 3 N–H and O–H groups in total. The Morgan fingerprint density at radius 3 is 2.82 bits per heavy atom. The Balaban J connectivity index is 1.64. The minimum absolute atomic E-state index is 0.140. The van der Waals surface area contributed by atoms with Crippen LogP contribution in [0.2, 0.25) is 0 Å². The van der Waals surface area contributed by atoms with E-state index >= 15 is 0 Å². The molecule has 178 valence electrons. The Morgan fingerprint density at radius 1 is 1.26 bits per heavy atom. The largest absolute Gasteiger partial charge is 0.421 e. The molecule has 2 aliphatic carbocycles. The van der Waals surface area contributed by atoms with Crippen molar-refractivity contribution in [1.29, 1.82) is 0 Å². The van der Waals surface area contributed by atoms with Gasteiger partial charge in [0.05, 0.1) is 17.4 Å². The van der Waals surface area contributed by atoms with E-state index in [0.717, 1.165) is 36.1 Å². The highest BCUT2D eigenvalue weighted by Gasteiger charge is 2.37. The molecule has 7 heteroatoms. The zero-order valence-corrected chi connectivity index (χ0v) is 19.8. The molecule has 3 heterocycles. The van der Waals surface area contributed by atoms with Crippen LogP contribution in [0.4, 0.5) is 4.79 Å². The van der Waals surface area contributed by atoms with E-state index in [9.17, 15) is 9.59 Å². The van der Waals surface area contributed by atoms with Gasteiger partial charge in [0.15, 0.2) is 6.23 Å². The fourth-order valence-electron chi connectivity index (χ4n) is 4.75. The first-order valence-corrected chi connectivity index (χ1v) is 11.6. The zero-order valence-electron chi connectivity index (χ0n) is 19.8. The van der Waals surface area contributed by atoms with Crippen molar-refractivity contribution >= 4 is 12.0 Å². The van der Waals surface area contributed by atoms with Crippen LogP contribution < -0.4 is 11.1 Å². The monoisotopic (exact) mass is 460 g/mol. The van der Waals surface area contributed by atoms with E-state index in [2.05, 4.69) is 18.5 Å². The van der Waals surface area contributed by atoms with Crippen molar-refractivity contribution in [2.45, 2.75) is 51.8 Å². The molecule has 34 heavy (non-hydrogen) atoms. The number of hydrogen-bond donors (Lipinski definition) is 2. The predicted octanol–water partition coefficient (Wildman–Crippen LogP) is 4.28. The molecule has 2 atom stereocenters. The standard InChI is InChI=1S/C27H32N4O3/c1-17(23-11-6-5-7-12-24(23)28)15-25-19(3)31(20(4)32)18(2)16-30(25)27(33)34-26-21-9-8-10-22(29-26)14-13-21/h5-7,11,13-15,18,26,29H,1,3,8-10,12,16,28H2,2,4H3/b25-15+. The van der Waals surface area contributed by atoms with Crippen LogP contribution in [-0.2, 0) is 9.53 Å². The molecule has 2 amide bonds. The van der Waals surface area contributed by atoms with E-state index in [1.807, 2.05) is 43.4 Å². The molecule has 5 aliphatic rings. The van der Waals surface area contributed by atoms with E-state index in [1.165, 1.54) is 6.92 Å². The Bertz CT molecular complexity index is 1120. The first-order valence-electron chi connectivity index (χ1n) is 11.6. The van der Waals surface area contributed by atoms with Crippen molar-refractivity contribution in [3.05, 3.63) is 95.2 Å². The SMILES string of the molecule is C=C(/C=C1\C(=C)N(C(C)=O)C(C)CN1C(=O)OC1NC2=CC=C1CCC2)C1=C(N)CC=CC=C1. The van der Waals surface area contributed by atoms with Gasteiger partial charge in [-0.3, -0.25) is 9.69 Å². The van der Waals surface area contributed by atoms with Crippen molar-refractivity contribution in [2.75, 3.05) is 6.54 Å². The van der Waals surface area contributed by atoms with Gasteiger partial charge in [0, 0.05) is 36.9 Å². The second-order valence-corrected chi connectivity index (χ2v) is 8.98. The number of carbonyl (C=O) groups is 2. The van der Waals surface area contributed by atoms with E-state index in [-0.39, 0.29) is 18.5 Å². The Morgan fingerprint density at radius 2 is 2.06 bits per heavy atom. The van der Waals surface area contributed by atoms with E-state index in [4.69, 9.17) is 10.5 Å². The number of allylic oxidation sites excluding steroid dienone is 10. The molecule has 0 aromatic rings. The predicted molar refractivity (Wildman–Crippen MR) is 133 cm³/mol. The van der Waals surface area contributed by atoms with Crippen LogP contribution in [0.15, 0.2) is 95.2 Å². The maximum atomic E-state index is 13.5. The minimum Gasteiger partial charge on any atom is -0.421 e. The lowest BCUT2D eigenvalue weighted by molar-refractivity contribution is -0.129. The molecule has 0 saturated carbocycles. The summed E-state index contributed by atoms with van der Waals surface area (Å²) in [4.78, 5) is 29.0. The van der Waals surface area contributed by atoms with Crippen LogP contribution in [0.3, 0.4) is 0 Å². The van der Waals surface area contributed by atoms with Gasteiger partial charge < -0.3 is 20.7 Å². The molecule has 2 bridgehead atoms. The van der Waals surface area contributed by atoms with Gasteiger partial charge in [-0.25, -0.2) is 4.79 Å². The molecule has 2 saturated heterocycles. The number of dihydropyridines is 1. The van der Waals surface area contributed by atoms with Gasteiger partial charge in [-0.15, -0.1) is 0 Å².